The van der Waals surface area contributed by atoms with E-state index in [1.807, 2.05) is 36.4 Å². The molecule has 0 saturated heterocycles. The van der Waals surface area contributed by atoms with Gasteiger partial charge in [-0.15, -0.1) is 0 Å². The third-order valence-corrected chi connectivity index (χ3v) is 3.04. The predicted molar refractivity (Wildman–Crippen MR) is 74.6 cm³/mol. The molecule has 1 heterocycles. The molecule has 0 radical (unpaired) electrons. The van der Waals surface area contributed by atoms with E-state index in [1.54, 1.807) is 13.1 Å². The summed E-state index contributed by atoms with van der Waals surface area (Å²) in [6.07, 6.45) is 2.94. The highest BCUT2D eigenvalue weighted by Gasteiger charge is 2.08. The minimum absolute atomic E-state index is 0.00949. The van der Waals surface area contributed by atoms with E-state index in [0.717, 1.165) is 22.4 Å². The highest BCUT2D eigenvalue weighted by atomic mass is 16.3. The van der Waals surface area contributed by atoms with E-state index in [0.29, 0.717) is 12.8 Å². The molecule has 19 heavy (non-hydrogen) atoms. The lowest BCUT2D eigenvalue weighted by atomic mass is 9.97. The third-order valence-electron chi connectivity index (χ3n) is 3.04. The van der Waals surface area contributed by atoms with Gasteiger partial charge in [0.15, 0.2) is 0 Å². The van der Waals surface area contributed by atoms with Crippen LogP contribution in [0.15, 0.2) is 42.6 Å². The van der Waals surface area contributed by atoms with Crippen LogP contribution >= 0.6 is 0 Å². The second-order valence-electron chi connectivity index (χ2n) is 4.57. The Hall–Kier alpha value is -2.00. The maximum atomic E-state index is 11.2. The van der Waals surface area contributed by atoms with Crippen LogP contribution in [0, 0.1) is 0 Å². The molecule has 0 unspecified atom stereocenters. The van der Waals surface area contributed by atoms with Crippen molar-refractivity contribution in [2.24, 2.45) is 0 Å². The zero-order valence-corrected chi connectivity index (χ0v) is 11.0. The fourth-order valence-electron chi connectivity index (χ4n) is 2.03. The minimum atomic E-state index is 0.00949. The number of hydrogen-bond donors (Lipinski definition) is 1. The Bertz CT molecular complexity index is 564. The zero-order chi connectivity index (χ0) is 13.7. The summed E-state index contributed by atoms with van der Waals surface area (Å²) in [6, 6.07) is 11.6. The van der Waals surface area contributed by atoms with Crippen LogP contribution in [0.4, 0.5) is 0 Å². The first-order valence-corrected chi connectivity index (χ1v) is 6.34. The van der Waals surface area contributed by atoms with Crippen molar-refractivity contribution in [2.45, 2.75) is 26.4 Å². The minimum Gasteiger partial charge on any atom is -0.392 e. The Morgan fingerprint density at radius 2 is 2.11 bits per heavy atom. The number of aromatic nitrogens is 1. The lowest BCUT2D eigenvalue weighted by molar-refractivity contribution is -0.116. The van der Waals surface area contributed by atoms with Crippen LogP contribution in [0.5, 0.6) is 0 Å². The molecule has 1 N–H and O–H groups in total. The number of pyridine rings is 1. The highest BCUT2D eigenvalue weighted by Crippen LogP contribution is 2.24. The number of nitrogens with zero attached hydrogens (tertiary/aromatic N) is 1. The molecule has 0 fully saturated rings. The Labute approximate surface area is 112 Å². The number of Topliss-reactive ketones (excluding diaryl/α,β-unsaturated/α-hetero) is 1. The Kier molecular flexibility index (Phi) is 4.42. The first-order chi connectivity index (χ1) is 9.20. The number of benzene rings is 1. The standard InChI is InChI=1S/C16H17NO2/c1-12(19)5-7-14-10-13(11-18)6-8-15(14)16-4-2-3-9-17-16/h2-4,6,8-10,18H,5,7,11H2,1H3. The van der Waals surface area contributed by atoms with Gasteiger partial charge in [0.1, 0.15) is 5.78 Å². The average molecular weight is 255 g/mol. The molecule has 3 heteroatoms. The number of carbonyl (C=O) groups excluding carboxylic acids is 1. The lowest BCUT2D eigenvalue weighted by Crippen LogP contribution is -1.98. The van der Waals surface area contributed by atoms with Gasteiger partial charge in [0, 0.05) is 18.2 Å². The molecule has 3 nitrogen and oxygen atoms in total. The van der Waals surface area contributed by atoms with E-state index in [9.17, 15) is 9.90 Å². The predicted octanol–water partition coefficient (Wildman–Crippen LogP) is 2.76. The monoisotopic (exact) mass is 255 g/mol. The smallest absolute Gasteiger partial charge is 0.130 e. The number of hydrogen-bond acceptors (Lipinski definition) is 3. The summed E-state index contributed by atoms with van der Waals surface area (Å²) in [5.74, 6) is 0.168. The van der Waals surface area contributed by atoms with E-state index < -0.39 is 0 Å². The highest BCUT2D eigenvalue weighted by molar-refractivity contribution is 5.76. The van der Waals surface area contributed by atoms with E-state index in [2.05, 4.69) is 4.98 Å². The van der Waals surface area contributed by atoms with E-state index in [1.165, 1.54) is 0 Å². The number of aryl methyl sites for hydroxylation is 1. The Balaban J connectivity index is 2.39. The molecular formula is C16H17NO2. The summed E-state index contributed by atoms with van der Waals surface area (Å²) in [7, 11) is 0. The molecule has 0 spiro atoms. The molecule has 1 aromatic heterocycles. The fraction of sp³-hybridized carbons (Fsp3) is 0.250. The maximum absolute atomic E-state index is 11.2. The summed E-state index contributed by atoms with van der Waals surface area (Å²) in [5, 5.41) is 9.22. The normalized spacial score (nSPS) is 10.4. The number of aliphatic hydroxyl groups is 1. The molecule has 98 valence electrons. The second-order valence-corrected chi connectivity index (χ2v) is 4.57. The summed E-state index contributed by atoms with van der Waals surface area (Å²) >= 11 is 0. The van der Waals surface area contributed by atoms with Crippen molar-refractivity contribution >= 4 is 5.78 Å². The molecule has 1 aromatic carbocycles. The van der Waals surface area contributed by atoms with Gasteiger partial charge in [0.25, 0.3) is 0 Å². The van der Waals surface area contributed by atoms with Crippen LogP contribution in [0.1, 0.15) is 24.5 Å². The van der Waals surface area contributed by atoms with E-state index in [-0.39, 0.29) is 12.4 Å². The molecule has 0 saturated carbocycles. The topological polar surface area (TPSA) is 50.2 Å². The van der Waals surface area contributed by atoms with Gasteiger partial charge in [-0.1, -0.05) is 24.3 Å². The van der Waals surface area contributed by atoms with Crippen molar-refractivity contribution in [1.82, 2.24) is 4.98 Å². The number of aliphatic hydroxyl groups excluding tert-OH is 1. The van der Waals surface area contributed by atoms with Gasteiger partial charge >= 0.3 is 0 Å². The molecule has 2 rings (SSSR count). The zero-order valence-electron chi connectivity index (χ0n) is 11.0. The van der Waals surface area contributed by atoms with Crippen molar-refractivity contribution in [3.8, 4) is 11.3 Å². The first-order valence-electron chi connectivity index (χ1n) is 6.34. The third kappa shape index (κ3) is 3.48. The lowest BCUT2D eigenvalue weighted by Gasteiger charge is -2.10. The van der Waals surface area contributed by atoms with Gasteiger partial charge in [-0.2, -0.15) is 0 Å². The van der Waals surface area contributed by atoms with E-state index >= 15 is 0 Å². The van der Waals surface area contributed by atoms with Gasteiger partial charge < -0.3 is 9.90 Å². The summed E-state index contributed by atoms with van der Waals surface area (Å²) in [5.41, 5.74) is 3.84. The molecule has 0 aliphatic heterocycles. The van der Waals surface area contributed by atoms with Crippen molar-refractivity contribution in [1.29, 1.82) is 0 Å². The molecule has 0 bridgehead atoms. The molecule has 0 atom stereocenters. The van der Waals surface area contributed by atoms with Gasteiger partial charge in [0.2, 0.25) is 0 Å². The van der Waals surface area contributed by atoms with Crippen molar-refractivity contribution < 1.29 is 9.90 Å². The van der Waals surface area contributed by atoms with Crippen LogP contribution < -0.4 is 0 Å². The van der Waals surface area contributed by atoms with E-state index in [4.69, 9.17) is 0 Å². The maximum Gasteiger partial charge on any atom is 0.130 e. The summed E-state index contributed by atoms with van der Waals surface area (Å²) < 4.78 is 0. The van der Waals surface area contributed by atoms with Gasteiger partial charge in [0.05, 0.1) is 12.3 Å². The SMILES string of the molecule is CC(=O)CCc1cc(CO)ccc1-c1ccccn1. The Morgan fingerprint density at radius 1 is 1.26 bits per heavy atom. The van der Waals surface area contributed by atoms with Gasteiger partial charge in [-0.3, -0.25) is 4.98 Å². The Morgan fingerprint density at radius 3 is 2.74 bits per heavy atom. The van der Waals surface area contributed by atoms with Crippen LogP contribution in [0.25, 0.3) is 11.3 Å². The molecule has 0 amide bonds. The number of rotatable bonds is 5. The molecule has 0 aliphatic carbocycles. The average Bonchev–Trinajstić information content (AvgIpc) is 2.45. The largest absolute Gasteiger partial charge is 0.392 e. The summed E-state index contributed by atoms with van der Waals surface area (Å²) in [6.45, 7) is 1.60. The van der Waals surface area contributed by atoms with Crippen molar-refractivity contribution in [3.63, 3.8) is 0 Å². The number of carbonyl (C=O) groups is 1. The molecule has 2 aromatic rings. The first kappa shape index (κ1) is 13.4. The van der Waals surface area contributed by atoms with Crippen LogP contribution in [-0.4, -0.2) is 15.9 Å². The van der Waals surface area contributed by atoms with Crippen LogP contribution in [0.3, 0.4) is 0 Å². The molecular weight excluding hydrogens is 238 g/mol. The fourth-order valence-corrected chi connectivity index (χ4v) is 2.03. The van der Waals surface area contributed by atoms with Gasteiger partial charge in [-0.05, 0) is 36.6 Å². The van der Waals surface area contributed by atoms with Crippen molar-refractivity contribution in [2.75, 3.05) is 0 Å². The molecule has 0 aliphatic rings. The van der Waals surface area contributed by atoms with Crippen molar-refractivity contribution in [3.05, 3.63) is 53.7 Å². The summed E-state index contributed by atoms with van der Waals surface area (Å²) in [4.78, 5) is 15.5. The van der Waals surface area contributed by atoms with Crippen LogP contribution in [-0.2, 0) is 17.8 Å². The van der Waals surface area contributed by atoms with Crippen LogP contribution in [0.2, 0.25) is 0 Å². The second kappa shape index (κ2) is 6.25. The number of ketones is 1. The van der Waals surface area contributed by atoms with Gasteiger partial charge in [-0.25, -0.2) is 0 Å². The quantitative estimate of drug-likeness (QED) is 0.893.